The molecule has 4 rings (SSSR count). The maximum absolute atomic E-state index is 13.7. The summed E-state index contributed by atoms with van der Waals surface area (Å²) < 4.78 is 104. The lowest BCUT2D eigenvalue weighted by Gasteiger charge is -2.27. The average molecular weight is 601 g/mol. The van der Waals surface area contributed by atoms with E-state index in [9.17, 15) is 49.1 Å². The zero-order valence-electron chi connectivity index (χ0n) is 20.4. The Bertz CT molecular complexity index is 1580. The number of rotatable bonds is 7. The van der Waals surface area contributed by atoms with Crippen molar-refractivity contribution in [3.63, 3.8) is 0 Å². The van der Waals surface area contributed by atoms with E-state index < -0.39 is 55.6 Å². The lowest BCUT2D eigenvalue weighted by molar-refractivity contribution is -0.189. The fraction of sp³-hybridized carbons (Fsp3) is 0.200. The highest BCUT2D eigenvalue weighted by Gasteiger charge is 2.52. The molecule has 1 aliphatic heterocycles. The van der Waals surface area contributed by atoms with E-state index in [2.05, 4.69) is 15.0 Å². The number of halogens is 6. The zero-order valence-corrected chi connectivity index (χ0v) is 21.2. The van der Waals surface area contributed by atoms with Crippen LogP contribution >= 0.6 is 0 Å². The highest BCUT2D eigenvalue weighted by molar-refractivity contribution is 7.92. The number of carbonyl (C=O) groups excluding carboxylic acids is 3. The molecule has 9 nitrogen and oxygen atoms in total. The van der Waals surface area contributed by atoms with Gasteiger partial charge < -0.3 is 10.1 Å². The molecule has 41 heavy (non-hydrogen) atoms. The summed E-state index contributed by atoms with van der Waals surface area (Å²) >= 11 is 0. The number of aromatic nitrogens is 1. The Morgan fingerprint density at radius 3 is 1.90 bits per heavy atom. The average Bonchev–Trinajstić information content (AvgIpc) is 3.13. The number of nitrogens with zero attached hydrogens (tertiary/aromatic N) is 2. The van der Waals surface area contributed by atoms with Crippen molar-refractivity contribution >= 4 is 33.4 Å². The minimum absolute atomic E-state index is 0.0953. The van der Waals surface area contributed by atoms with E-state index in [1.165, 1.54) is 24.5 Å². The molecule has 2 aromatic carbocycles. The van der Waals surface area contributed by atoms with Gasteiger partial charge >= 0.3 is 23.7 Å². The van der Waals surface area contributed by atoms with Crippen molar-refractivity contribution in [2.75, 3.05) is 4.90 Å². The van der Waals surface area contributed by atoms with Crippen molar-refractivity contribution < 1.29 is 53.9 Å². The molecule has 0 saturated carbocycles. The molecular weight excluding hydrogens is 584 g/mol. The van der Waals surface area contributed by atoms with Crippen LogP contribution in [0.1, 0.15) is 11.1 Å². The Hall–Kier alpha value is -4.47. The van der Waals surface area contributed by atoms with Crippen LogP contribution in [-0.4, -0.2) is 48.5 Å². The number of imide groups is 1. The summed E-state index contributed by atoms with van der Waals surface area (Å²) in [5.41, 5.74) is -6.56. The molecule has 2 heterocycles. The van der Waals surface area contributed by atoms with Gasteiger partial charge in [0.05, 0.1) is 10.6 Å². The first-order chi connectivity index (χ1) is 19.0. The van der Waals surface area contributed by atoms with Gasteiger partial charge in [0.15, 0.2) is 0 Å². The van der Waals surface area contributed by atoms with Crippen LogP contribution in [0.15, 0.2) is 78.0 Å². The number of ether oxygens (including phenoxy) is 1. The molecule has 1 saturated heterocycles. The second kappa shape index (κ2) is 10.5. The van der Waals surface area contributed by atoms with Crippen LogP contribution in [0.3, 0.4) is 0 Å². The van der Waals surface area contributed by atoms with Gasteiger partial charge in [-0.25, -0.2) is 22.9 Å². The summed E-state index contributed by atoms with van der Waals surface area (Å²) in [5, 5.41) is 2.58. The predicted octanol–water partition coefficient (Wildman–Crippen LogP) is 4.12. The number of amides is 3. The number of hydrogen-bond donors (Lipinski definition) is 1. The number of urea groups is 1. The van der Waals surface area contributed by atoms with Crippen molar-refractivity contribution in [2.24, 2.45) is 0 Å². The Morgan fingerprint density at radius 2 is 1.39 bits per heavy atom. The summed E-state index contributed by atoms with van der Waals surface area (Å²) in [6.45, 7) is 0. The SMILES string of the molecule is O=C1N[C@@](Cc2ccncc2)(Cc2ccc(OC(=O)C(F)(F)F)cc2)C(=O)N1c1ccc(S(=O)(=O)C(F)(F)F)cc1. The quantitative estimate of drug-likeness (QED) is 0.187. The van der Waals surface area contributed by atoms with Gasteiger partial charge in [0.1, 0.15) is 11.3 Å². The molecule has 3 amide bonds. The zero-order chi connectivity index (χ0) is 30.2. The third-order valence-corrected chi connectivity index (χ3v) is 7.50. The molecular formula is C25H17F6N3O6S. The lowest BCUT2D eigenvalue weighted by Crippen LogP contribution is -2.51. The Morgan fingerprint density at radius 1 is 0.854 bits per heavy atom. The van der Waals surface area contributed by atoms with Crippen LogP contribution in [0.4, 0.5) is 36.8 Å². The first-order valence-corrected chi connectivity index (χ1v) is 12.9. The van der Waals surface area contributed by atoms with Crippen molar-refractivity contribution in [1.29, 1.82) is 0 Å². The third-order valence-electron chi connectivity index (χ3n) is 6.00. The topological polar surface area (TPSA) is 123 Å². The number of esters is 1. The van der Waals surface area contributed by atoms with E-state index in [1.807, 2.05) is 0 Å². The fourth-order valence-electron chi connectivity index (χ4n) is 4.10. The van der Waals surface area contributed by atoms with Crippen LogP contribution in [0, 0.1) is 0 Å². The highest BCUT2D eigenvalue weighted by Crippen LogP contribution is 2.34. The van der Waals surface area contributed by atoms with E-state index in [-0.39, 0.29) is 18.5 Å². The summed E-state index contributed by atoms with van der Waals surface area (Å²) in [6.07, 6.45) is -2.64. The lowest BCUT2D eigenvalue weighted by atomic mass is 9.84. The van der Waals surface area contributed by atoms with E-state index in [1.54, 1.807) is 12.1 Å². The molecule has 1 fully saturated rings. The van der Waals surface area contributed by atoms with E-state index >= 15 is 0 Å². The minimum Gasteiger partial charge on any atom is -0.420 e. The van der Waals surface area contributed by atoms with Crippen LogP contribution in [0.5, 0.6) is 5.75 Å². The molecule has 0 unspecified atom stereocenters. The minimum atomic E-state index is -5.67. The van der Waals surface area contributed by atoms with Gasteiger partial charge in [0.2, 0.25) is 0 Å². The number of pyridine rings is 1. The standard InChI is InChI=1S/C25H17F6N3O6S/c26-24(27,28)21(36)40-18-5-1-15(2-6-18)13-23(14-16-9-11-32-12-10-16)20(35)34(22(37)33-23)17-3-7-19(8-4-17)41(38,39)25(29,30)31/h1-12H,13-14H2,(H,33,37)/t23-/m1/s1. The normalized spacial score (nSPS) is 17.9. The van der Waals surface area contributed by atoms with Gasteiger partial charge in [-0.2, -0.15) is 26.3 Å². The van der Waals surface area contributed by atoms with Crippen molar-refractivity contribution in [1.82, 2.24) is 10.3 Å². The fourth-order valence-corrected chi connectivity index (χ4v) is 4.86. The van der Waals surface area contributed by atoms with Crippen LogP contribution in [0.2, 0.25) is 0 Å². The molecule has 1 N–H and O–H groups in total. The number of anilines is 1. The van der Waals surface area contributed by atoms with E-state index in [4.69, 9.17) is 0 Å². The highest BCUT2D eigenvalue weighted by atomic mass is 32.2. The Balaban J connectivity index is 1.65. The maximum atomic E-state index is 13.7. The van der Waals surface area contributed by atoms with Gasteiger partial charge in [-0.1, -0.05) is 12.1 Å². The Kier molecular flexibility index (Phi) is 7.55. The molecule has 0 spiro atoms. The monoisotopic (exact) mass is 601 g/mol. The molecule has 0 bridgehead atoms. The number of hydrogen-bond acceptors (Lipinski definition) is 7. The van der Waals surface area contributed by atoms with Crippen molar-refractivity contribution in [2.45, 2.75) is 35.0 Å². The number of sulfone groups is 1. The number of alkyl halides is 6. The first kappa shape index (κ1) is 29.5. The van der Waals surface area contributed by atoms with Gasteiger partial charge in [-0.15, -0.1) is 0 Å². The maximum Gasteiger partial charge on any atom is 0.501 e. The van der Waals surface area contributed by atoms with E-state index in [0.717, 1.165) is 24.3 Å². The second-order valence-corrected chi connectivity index (χ2v) is 10.8. The number of carbonyl (C=O) groups is 3. The van der Waals surface area contributed by atoms with Crippen molar-refractivity contribution in [3.05, 3.63) is 84.2 Å². The summed E-state index contributed by atoms with van der Waals surface area (Å²) in [4.78, 5) is 41.3. The van der Waals surface area contributed by atoms with Gasteiger partial charge in [-0.05, 0) is 59.7 Å². The molecule has 1 aliphatic rings. The number of benzene rings is 2. The van der Waals surface area contributed by atoms with Crippen molar-refractivity contribution in [3.8, 4) is 5.75 Å². The summed E-state index contributed by atoms with van der Waals surface area (Å²) in [5.74, 6) is -3.68. The first-order valence-electron chi connectivity index (χ1n) is 11.4. The molecule has 3 aromatic rings. The molecule has 1 aromatic heterocycles. The summed E-state index contributed by atoms with van der Waals surface area (Å²) in [6, 6.07) is 9.87. The molecule has 16 heteroatoms. The van der Waals surface area contributed by atoms with Gasteiger partial charge in [0.25, 0.3) is 15.7 Å². The second-order valence-electron chi connectivity index (χ2n) is 8.84. The number of nitrogens with one attached hydrogen (secondary N) is 1. The van der Waals surface area contributed by atoms with Crippen LogP contribution in [-0.2, 0) is 32.3 Å². The largest absolute Gasteiger partial charge is 0.501 e. The van der Waals surface area contributed by atoms with Crippen LogP contribution in [0.25, 0.3) is 0 Å². The Labute approximate surface area is 227 Å². The molecule has 0 aliphatic carbocycles. The molecule has 0 radical (unpaired) electrons. The van der Waals surface area contributed by atoms with E-state index in [0.29, 0.717) is 28.2 Å². The van der Waals surface area contributed by atoms with Crippen LogP contribution < -0.4 is 15.0 Å². The smallest absolute Gasteiger partial charge is 0.420 e. The third kappa shape index (κ3) is 6.01. The summed E-state index contributed by atoms with van der Waals surface area (Å²) in [7, 11) is -5.67. The van der Waals surface area contributed by atoms with Gasteiger partial charge in [-0.3, -0.25) is 9.78 Å². The predicted molar refractivity (Wildman–Crippen MR) is 128 cm³/mol. The molecule has 1 atom stereocenters. The van der Waals surface area contributed by atoms with Gasteiger partial charge in [0, 0.05) is 25.2 Å². The molecule has 216 valence electrons.